The average Bonchev–Trinajstić information content (AvgIpc) is 3.26. The molecule has 190 valence electrons. The second kappa shape index (κ2) is 9.51. The number of likely N-dealkylation sites (N-methyl/N-ethyl adjacent to an activating group) is 1. The van der Waals surface area contributed by atoms with E-state index in [9.17, 15) is 18.0 Å². The highest BCUT2D eigenvalue weighted by molar-refractivity contribution is 6.05. The minimum atomic E-state index is -4.48. The Morgan fingerprint density at radius 1 is 1.25 bits per heavy atom. The van der Waals surface area contributed by atoms with E-state index in [1.165, 1.54) is 13.2 Å². The number of hydrogen-bond acceptors (Lipinski definition) is 7. The van der Waals surface area contributed by atoms with Gasteiger partial charge in [0.2, 0.25) is 0 Å². The van der Waals surface area contributed by atoms with E-state index < -0.39 is 17.9 Å². The molecule has 9 nitrogen and oxygen atoms in total. The molecule has 0 fully saturated rings. The van der Waals surface area contributed by atoms with Crippen molar-refractivity contribution in [1.82, 2.24) is 19.7 Å². The predicted molar refractivity (Wildman–Crippen MR) is 129 cm³/mol. The molecule has 0 saturated carbocycles. The van der Waals surface area contributed by atoms with Gasteiger partial charge in [-0.05, 0) is 25.5 Å². The zero-order chi connectivity index (χ0) is 26.2. The molecule has 0 saturated heterocycles. The molecular formula is C24H26F3N7O2. The number of nitrogens with zero attached hydrogens (tertiary/aromatic N) is 5. The van der Waals surface area contributed by atoms with Crippen molar-refractivity contribution in [2.75, 3.05) is 29.7 Å². The van der Waals surface area contributed by atoms with Crippen LogP contribution < -0.4 is 15.5 Å². The zero-order valence-electron chi connectivity index (χ0n) is 20.3. The summed E-state index contributed by atoms with van der Waals surface area (Å²) in [5.74, 6) is 0.690. The smallest absolute Gasteiger partial charge is 0.433 e. The Labute approximate surface area is 206 Å². The van der Waals surface area contributed by atoms with Crippen LogP contribution in [0.3, 0.4) is 0 Å². The number of nitrogens with one attached hydrogen (secondary N) is 2. The van der Waals surface area contributed by atoms with Crippen LogP contribution in [0.2, 0.25) is 0 Å². The van der Waals surface area contributed by atoms with Gasteiger partial charge >= 0.3 is 6.18 Å². The van der Waals surface area contributed by atoms with E-state index in [2.05, 4.69) is 32.3 Å². The Morgan fingerprint density at radius 3 is 2.67 bits per heavy atom. The largest absolute Gasteiger partial charge is 0.499 e. The molecule has 3 aromatic heterocycles. The quantitative estimate of drug-likeness (QED) is 0.474. The Hall–Kier alpha value is -4.09. The lowest BCUT2D eigenvalue weighted by atomic mass is 10.1. The number of methoxy groups -OCH3 is 1. The molecule has 0 aromatic carbocycles. The third kappa shape index (κ3) is 4.97. The summed E-state index contributed by atoms with van der Waals surface area (Å²) in [7, 11) is 3.26. The molecule has 1 amide bonds. The maximum Gasteiger partial charge on any atom is 0.433 e. The van der Waals surface area contributed by atoms with E-state index in [1.54, 1.807) is 35.9 Å². The highest BCUT2D eigenvalue weighted by Gasteiger charge is 2.35. The number of carbonyl (C=O) groups excluding carboxylic acids is 1. The molecule has 0 spiro atoms. The topological polar surface area (TPSA) is 97.2 Å². The van der Waals surface area contributed by atoms with Crippen molar-refractivity contribution in [3.05, 3.63) is 71.1 Å². The number of ether oxygens (including phenoxy) is 1. The molecule has 1 atom stereocenters. The predicted octanol–water partition coefficient (Wildman–Crippen LogP) is 3.89. The number of alkyl halides is 3. The first kappa shape index (κ1) is 25.0. The number of halogens is 3. The van der Waals surface area contributed by atoms with Gasteiger partial charge in [-0.25, -0.2) is 9.97 Å². The molecule has 4 heterocycles. The summed E-state index contributed by atoms with van der Waals surface area (Å²) < 4.78 is 45.4. The molecule has 0 unspecified atom stereocenters. The van der Waals surface area contributed by atoms with Gasteiger partial charge in [-0.15, -0.1) is 0 Å². The van der Waals surface area contributed by atoms with Crippen molar-refractivity contribution in [3.63, 3.8) is 0 Å². The number of rotatable bonds is 7. The van der Waals surface area contributed by atoms with Crippen molar-refractivity contribution < 1.29 is 22.7 Å². The Kier molecular flexibility index (Phi) is 6.61. The molecule has 1 aliphatic heterocycles. The number of pyridine rings is 2. The van der Waals surface area contributed by atoms with Crippen LogP contribution in [0.4, 0.5) is 30.4 Å². The molecule has 36 heavy (non-hydrogen) atoms. The van der Waals surface area contributed by atoms with Gasteiger partial charge in [0.25, 0.3) is 5.91 Å². The van der Waals surface area contributed by atoms with E-state index in [0.717, 1.165) is 17.3 Å². The van der Waals surface area contributed by atoms with Gasteiger partial charge in [0.05, 0.1) is 36.9 Å². The first-order valence-electron chi connectivity index (χ1n) is 11.0. The maximum absolute atomic E-state index is 12.9. The second-order valence-corrected chi connectivity index (χ2v) is 8.50. The molecular weight excluding hydrogens is 475 g/mol. The number of fused-ring (bicyclic) bond motifs is 1. The first-order valence-corrected chi connectivity index (χ1v) is 11.0. The monoisotopic (exact) mass is 501 g/mol. The number of aromatic nitrogens is 4. The lowest BCUT2D eigenvalue weighted by Crippen LogP contribution is -2.47. The lowest BCUT2D eigenvalue weighted by Gasteiger charge is -2.36. The van der Waals surface area contributed by atoms with Crippen LogP contribution in [0, 0.1) is 13.8 Å². The average molecular weight is 502 g/mol. The van der Waals surface area contributed by atoms with E-state index in [4.69, 9.17) is 4.74 Å². The van der Waals surface area contributed by atoms with E-state index >= 15 is 0 Å². The summed E-state index contributed by atoms with van der Waals surface area (Å²) in [6.45, 7) is 7.89. The van der Waals surface area contributed by atoms with Crippen LogP contribution in [-0.4, -0.2) is 45.9 Å². The summed E-state index contributed by atoms with van der Waals surface area (Å²) in [5, 5.41) is 10.4. The SMILES string of the molecule is C=C(OC)[C@H]1C(=O)Nc2c(cc(NCc3cnn(Cc4ccc(C(F)(F)F)nc4C)c3)nc2C)N1C. The van der Waals surface area contributed by atoms with Crippen molar-refractivity contribution in [1.29, 1.82) is 0 Å². The number of aryl methyl sites for hydroxylation is 2. The number of carbonyl (C=O) groups is 1. The number of amides is 1. The van der Waals surface area contributed by atoms with Gasteiger partial charge < -0.3 is 20.3 Å². The number of hydrogen-bond donors (Lipinski definition) is 2. The molecule has 0 radical (unpaired) electrons. The third-order valence-electron chi connectivity index (χ3n) is 5.99. The van der Waals surface area contributed by atoms with Crippen LogP contribution in [-0.2, 0) is 28.8 Å². The summed E-state index contributed by atoms with van der Waals surface area (Å²) >= 11 is 0. The summed E-state index contributed by atoms with van der Waals surface area (Å²) in [4.78, 5) is 22.5. The van der Waals surface area contributed by atoms with Gasteiger partial charge in [-0.2, -0.15) is 18.3 Å². The summed E-state index contributed by atoms with van der Waals surface area (Å²) in [5.41, 5.74) is 2.95. The fourth-order valence-electron chi connectivity index (χ4n) is 4.03. The van der Waals surface area contributed by atoms with Crippen LogP contribution in [0.15, 0.2) is 42.9 Å². The van der Waals surface area contributed by atoms with Crippen LogP contribution >= 0.6 is 0 Å². The first-order chi connectivity index (χ1) is 17.0. The Bertz CT molecular complexity index is 1320. The highest BCUT2D eigenvalue weighted by atomic mass is 19.4. The van der Waals surface area contributed by atoms with E-state index in [-0.39, 0.29) is 5.91 Å². The van der Waals surface area contributed by atoms with Crippen LogP contribution in [0.5, 0.6) is 0 Å². The fraction of sp³-hybridized carbons (Fsp3) is 0.333. The molecule has 2 N–H and O–H groups in total. The molecule has 1 aliphatic rings. The summed E-state index contributed by atoms with van der Waals surface area (Å²) in [6.07, 6.45) is -0.994. The Balaban J connectivity index is 1.46. The molecule has 12 heteroatoms. The van der Waals surface area contributed by atoms with Crippen molar-refractivity contribution in [3.8, 4) is 0 Å². The van der Waals surface area contributed by atoms with Crippen LogP contribution in [0.1, 0.15) is 28.2 Å². The van der Waals surface area contributed by atoms with E-state index in [0.29, 0.717) is 47.3 Å². The second-order valence-electron chi connectivity index (χ2n) is 8.50. The Morgan fingerprint density at radius 2 is 2.00 bits per heavy atom. The third-order valence-corrected chi connectivity index (χ3v) is 5.99. The normalized spacial score (nSPS) is 15.4. The van der Waals surface area contributed by atoms with Crippen molar-refractivity contribution in [2.24, 2.45) is 0 Å². The zero-order valence-corrected chi connectivity index (χ0v) is 20.3. The molecule has 0 bridgehead atoms. The van der Waals surface area contributed by atoms with Gasteiger partial charge in [-0.3, -0.25) is 9.48 Å². The van der Waals surface area contributed by atoms with Gasteiger partial charge in [0.15, 0.2) is 6.04 Å². The van der Waals surface area contributed by atoms with Gasteiger partial charge in [-0.1, -0.05) is 12.6 Å². The van der Waals surface area contributed by atoms with E-state index in [1.807, 2.05) is 13.0 Å². The minimum Gasteiger partial charge on any atom is -0.499 e. The number of anilines is 3. The lowest BCUT2D eigenvalue weighted by molar-refractivity contribution is -0.141. The van der Waals surface area contributed by atoms with Crippen LogP contribution in [0.25, 0.3) is 0 Å². The van der Waals surface area contributed by atoms with Gasteiger partial charge in [0, 0.05) is 37.1 Å². The standard InChI is InChI=1S/C24H26F3N7O2/c1-13-17(6-7-19(30-13)24(25,26)27)12-34-11-16(10-29-34)9-28-20-8-18-21(14(2)31-20)32-23(35)22(33(18)4)15(3)36-5/h6-8,10-11,22H,3,9,12H2,1-2,4-5H3,(H,28,31)(H,32,35)/t22-/m0/s1. The van der Waals surface area contributed by atoms with Crippen molar-refractivity contribution in [2.45, 2.75) is 39.2 Å². The highest BCUT2D eigenvalue weighted by Crippen LogP contribution is 2.36. The fourth-order valence-corrected chi connectivity index (χ4v) is 4.03. The molecule has 0 aliphatic carbocycles. The van der Waals surface area contributed by atoms with Crippen molar-refractivity contribution >= 4 is 23.1 Å². The molecule has 3 aromatic rings. The summed E-state index contributed by atoms with van der Waals surface area (Å²) in [6, 6.07) is 3.56. The minimum absolute atomic E-state index is 0.242. The molecule has 4 rings (SSSR count). The maximum atomic E-state index is 12.9. The van der Waals surface area contributed by atoms with Gasteiger partial charge in [0.1, 0.15) is 17.3 Å².